The molecule has 0 unspecified atom stereocenters. The molecule has 0 N–H and O–H groups in total. The molecule has 0 saturated carbocycles. The third kappa shape index (κ3) is 2.71. The quantitative estimate of drug-likeness (QED) is 0.830. The van der Waals surface area contributed by atoms with Gasteiger partial charge in [0.05, 0.1) is 10.7 Å². The Labute approximate surface area is 99.4 Å². The van der Waals surface area contributed by atoms with Crippen molar-refractivity contribution in [2.24, 2.45) is 0 Å². The lowest BCUT2D eigenvalue weighted by Gasteiger charge is -2.14. The van der Waals surface area contributed by atoms with Crippen LogP contribution in [0.25, 0.3) is 5.69 Å². The van der Waals surface area contributed by atoms with Crippen LogP contribution in [0, 0.1) is 6.33 Å². The van der Waals surface area contributed by atoms with E-state index in [1.54, 1.807) is 0 Å². The maximum absolute atomic E-state index is 12.2. The summed E-state index contributed by atoms with van der Waals surface area (Å²) in [6.45, 7) is 0. The van der Waals surface area contributed by atoms with Gasteiger partial charge in [0.15, 0.2) is 12.1 Å². The van der Waals surface area contributed by atoms with Crippen molar-refractivity contribution in [1.29, 1.82) is 0 Å². The summed E-state index contributed by atoms with van der Waals surface area (Å²) in [6, 6.07) is 4.24. The first-order valence-corrected chi connectivity index (χ1v) is 4.81. The molecule has 7 heteroatoms. The highest BCUT2D eigenvalue weighted by Gasteiger charge is 2.33. The first-order valence-electron chi connectivity index (χ1n) is 4.43. The van der Waals surface area contributed by atoms with E-state index in [2.05, 4.69) is 16.0 Å². The van der Waals surface area contributed by atoms with E-state index in [9.17, 15) is 13.2 Å². The fourth-order valence-electron chi connectivity index (χ4n) is 1.27. The van der Waals surface area contributed by atoms with Gasteiger partial charge in [0.1, 0.15) is 0 Å². The van der Waals surface area contributed by atoms with E-state index in [-0.39, 0.29) is 10.7 Å². The molecule has 89 valence electrons. The van der Waals surface area contributed by atoms with Crippen LogP contribution in [-0.2, 0) is 0 Å². The van der Waals surface area contributed by atoms with Gasteiger partial charge in [0.25, 0.3) is 0 Å². The first kappa shape index (κ1) is 11.8. The Hall–Kier alpha value is -1.69. The molecule has 1 aromatic carbocycles. The van der Waals surface area contributed by atoms with Crippen LogP contribution in [0.2, 0.25) is 5.02 Å². The average Bonchev–Trinajstić information content (AvgIpc) is 2.72. The summed E-state index contributed by atoms with van der Waals surface area (Å²) < 4.78 is 41.8. The number of hydrogen-bond donors (Lipinski definition) is 0. The summed E-state index contributed by atoms with van der Waals surface area (Å²) in [6.07, 6.45) is 0.489. The van der Waals surface area contributed by atoms with Gasteiger partial charge in [-0.1, -0.05) is 17.7 Å². The second kappa shape index (κ2) is 4.29. The summed E-state index contributed by atoms with van der Waals surface area (Å²) >= 11 is 5.68. The lowest BCUT2D eigenvalue weighted by atomic mass is 10.3. The Bertz CT molecular complexity index is 511. The topological polar surface area (TPSA) is 27.1 Å². The number of rotatable bonds is 2. The molecule has 0 saturated heterocycles. The molecular formula is C10H5ClF3N2O. The normalized spacial score (nSPS) is 11.5. The zero-order valence-electron chi connectivity index (χ0n) is 8.20. The van der Waals surface area contributed by atoms with Gasteiger partial charge in [-0.3, -0.25) is 4.57 Å². The van der Waals surface area contributed by atoms with Crippen LogP contribution in [0.1, 0.15) is 0 Å². The maximum atomic E-state index is 12.2. The fourth-order valence-corrected chi connectivity index (χ4v) is 1.48. The number of hydrogen-bond acceptors (Lipinski definition) is 2. The molecule has 0 aliphatic carbocycles. The maximum Gasteiger partial charge on any atom is 0.573 e. The molecule has 0 atom stereocenters. The van der Waals surface area contributed by atoms with Gasteiger partial charge in [-0.05, 0) is 12.1 Å². The second-order valence-corrected chi connectivity index (χ2v) is 3.44. The fraction of sp³-hybridized carbons (Fsp3) is 0.100. The SMILES string of the molecule is FC(F)(F)Oc1c(Cl)cccc1-n1[c]ncc1. The van der Waals surface area contributed by atoms with Gasteiger partial charge in [-0.25, -0.2) is 4.98 Å². The van der Waals surface area contributed by atoms with E-state index in [4.69, 9.17) is 11.6 Å². The Morgan fingerprint density at radius 1 is 1.35 bits per heavy atom. The van der Waals surface area contributed by atoms with Crippen molar-refractivity contribution in [3.05, 3.63) is 41.9 Å². The summed E-state index contributed by atoms with van der Waals surface area (Å²) in [5, 5.41) is -0.137. The lowest BCUT2D eigenvalue weighted by Crippen LogP contribution is -2.18. The highest BCUT2D eigenvalue weighted by Crippen LogP contribution is 2.35. The summed E-state index contributed by atoms with van der Waals surface area (Å²) in [5.41, 5.74) is 0.118. The Kier molecular flexibility index (Phi) is 2.97. The smallest absolute Gasteiger partial charge is 0.402 e. The Balaban J connectivity index is 2.49. The minimum absolute atomic E-state index is 0.118. The molecule has 0 spiro atoms. The highest BCUT2D eigenvalue weighted by molar-refractivity contribution is 6.32. The second-order valence-electron chi connectivity index (χ2n) is 3.03. The predicted octanol–water partition coefficient (Wildman–Crippen LogP) is 3.22. The lowest BCUT2D eigenvalue weighted by molar-refractivity contribution is -0.274. The Morgan fingerprint density at radius 3 is 2.71 bits per heavy atom. The van der Waals surface area contributed by atoms with Gasteiger partial charge < -0.3 is 4.74 Å². The number of para-hydroxylation sites is 1. The summed E-state index contributed by atoms with van der Waals surface area (Å²) in [5.74, 6) is -0.476. The zero-order chi connectivity index (χ0) is 12.5. The molecule has 0 bridgehead atoms. The van der Waals surface area contributed by atoms with E-state index in [1.165, 1.54) is 35.2 Å². The molecule has 3 nitrogen and oxygen atoms in total. The zero-order valence-corrected chi connectivity index (χ0v) is 8.96. The van der Waals surface area contributed by atoms with Crippen LogP contribution in [0.3, 0.4) is 0 Å². The van der Waals surface area contributed by atoms with E-state index in [0.717, 1.165) is 0 Å². The van der Waals surface area contributed by atoms with Crippen LogP contribution in [0.15, 0.2) is 30.6 Å². The molecule has 0 aliphatic rings. The molecule has 1 radical (unpaired) electrons. The highest BCUT2D eigenvalue weighted by atomic mass is 35.5. The number of benzene rings is 1. The minimum Gasteiger partial charge on any atom is -0.402 e. The van der Waals surface area contributed by atoms with E-state index in [1.807, 2.05) is 0 Å². The monoisotopic (exact) mass is 261 g/mol. The summed E-state index contributed by atoms with van der Waals surface area (Å²) in [7, 11) is 0. The number of imidazole rings is 1. The molecule has 2 aromatic rings. The van der Waals surface area contributed by atoms with Gasteiger partial charge >= 0.3 is 6.36 Å². The van der Waals surface area contributed by atoms with Crippen molar-refractivity contribution in [1.82, 2.24) is 9.55 Å². The first-order chi connectivity index (χ1) is 7.97. The van der Waals surface area contributed by atoms with Crippen molar-refractivity contribution < 1.29 is 17.9 Å². The predicted molar refractivity (Wildman–Crippen MR) is 54.1 cm³/mol. The molecule has 17 heavy (non-hydrogen) atoms. The van der Waals surface area contributed by atoms with Crippen molar-refractivity contribution in [2.45, 2.75) is 6.36 Å². The van der Waals surface area contributed by atoms with Gasteiger partial charge in [0, 0.05) is 12.4 Å². The van der Waals surface area contributed by atoms with E-state index in [0.29, 0.717) is 0 Å². The third-order valence-electron chi connectivity index (χ3n) is 1.88. The van der Waals surface area contributed by atoms with Crippen molar-refractivity contribution in [2.75, 3.05) is 0 Å². The van der Waals surface area contributed by atoms with Crippen molar-refractivity contribution in [3.63, 3.8) is 0 Å². The van der Waals surface area contributed by atoms with E-state index < -0.39 is 12.1 Å². The van der Waals surface area contributed by atoms with E-state index >= 15 is 0 Å². The molecular weight excluding hydrogens is 257 g/mol. The molecule has 1 aromatic heterocycles. The minimum atomic E-state index is -4.81. The Morgan fingerprint density at radius 2 is 2.12 bits per heavy atom. The van der Waals surface area contributed by atoms with Crippen molar-refractivity contribution in [3.8, 4) is 11.4 Å². The number of alkyl halides is 3. The van der Waals surface area contributed by atoms with Crippen LogP contribution in [-0.4, -0.2) is 15.9 Å². The number of nitrogens with zero attached hydrogens (tertiary/aromatic N) is 2. The summed E-state index contributed by atoms with van der Waals surface area (Å²) in [4.78, 5) is 3.62. The van der Waals surface area contributed by atoms with Crippen LogP contribution < -0.4 is 4.74 Å². The van der Waals surface area contributed by atoms with Gasteiger partial charge in [-0.15, -0.1) is 13.2 Å². The largest absolute Gasteiger partial charge is 0.573 e. The third-order valence-corrected chi connectivity index (χ3v) is 2.18. The van der Waals surface area contributed by atoms with Gasteiger partial charge in [0.2, 0.25) is 0 Å². The van der Waals surface area contributed by atoms with Crippen LogP contribution in [0.4, 0.5) is 13.2 Å². The number of aromatic nitrogens is 2. The van der Waals surface area contributed by atoms with Crippen molar-refractivity contribution >= 4 is 11.6 Å². The standard InChI is InChI=1S/C10H5ClF3N2O/c11-7-2-1-3-8(16-5-4-15-6-16)9(7)17-10(12,13)14/h1-5H. The molecule has 0 aliphatic heterocycles. The molecule has 2 rings (SSSR count). The molecule has 0 amide bonds. The van der Waals surface area contributed by atoms with Crippen LogP contribution >= 0.6 is 11.6 Å². The number of ether oxygens (including phenoxy) is 1. The average molecular weight is 262 g/mol. The molecule has 0 fully saturated rings. The van der Waals surface area contributed by atoms with Gasteiger partial charge in [-0.2, -0.15) is 0 Å². The molecule has 1 heterocycles. The number of halogens is 4. The van der Waals surface area contributed by atoms with Crippen LogP contribution in [0.5, 0.6) is 5.75 Å².